The van der Waals surface area contributed by atoms with Gasteiger partial charge in [0, 0.05) is 11.4 Å². The summed E-state index contributed by atoms with van der Waals surface area (Å²) >= 11 is 13.3. The lowest BCUT2D eigenvalue weighted by molar-refractivity contribution is -0.123. The number of halogens is 2. The fourth-order valence-corrected chi connectivity index (χ4v) is 4.15. The van der Waals surface area contributed by atoms with Crippen molar-refractivity contribution in [2.45, 2.75) is 37.9 Å². The first-order chi connectivity index (χ1) is 15.0. The van der Waals surface area contributed by atoms with E-state index in [1.807, 2.05) is 30.3 Å². The average molecular weight is 477 g/mol. The second kappa shape index (κ2) is 11.3. The second-order valence-corrected chi connectivity index (χ2v) is 8.93. The minimum absolute atomic E-state index is 0.0266. The number of nitrogens with zero attached hydrogens (tertiary/aromatic N) is 2. The van der Waals surface area contributed by atoms with Crippen molar-refractivity contribution in [1.82, 2.24) is 5.32 Å². The van der Waals surface area contributed by atoms with Gasteiger partial charge in [-0.25, -0.2) is 0 Å². The monoisotopic (exact) mass is 476 g/mol. The molecule has 1 saturated heterocycles. The van der Waals surface area contributed by atoms with Crippen LogP contribution in [0.1, 0.15) is 38.2 Å². The van der Waals surface area contributed by atoms with E-state index in [1.54, 1.807) is 18.2 Å². The Balaban J connectivity index is 1.76. The van der Waals surface area contributed by atoms with Crippen LogP contribution < -0.4 is 10.6 Å². The highest BCUT2D eigenvalue weighted by atomic mass is 35.5. The Hall–Kier alpha value is -2.35. The molecule has 0 unspecified atom stereocenters. The summed E-state index contributed by atoms with van der Waals surface area (Å²) in [5.41, 5.74) is 2.22. The predicted molar refractivity (Wildman–Crippen MR) is 129 cm³/mol. The van der Waals surface area contributed by atoms with Crippen molar-refractivity contribution in [2.75, 3.05) is 5.32 Å². The molecular weight excluding hydrogens is 455 g/mol. The van der Waals surface area contributed by atoms with Gasteiger partial charge in [-0.15, -0.1) is 5.10 Å². The van der Waals surface area contributed by atoms with Crippen LogP contribution in [-0.4, -0.2) is 27.9 Å². The molecule has 31 heavy (non-hydrogen) atoms. The van der Waals surface area contributed by atoms with Gasteiger partial charge >= 0.3 is 0 Å². The Morgan fingerprint density at radius 1 is 1.23 bits per heavy atom. The van der Waals surface area contributed by atoms with Crippen molar-refractivity contribution < 1.29 is 9.59 Å². The third-order valence-electron chi connectivity index (χ3n) is 4.49. The molecule has 2 aromatic carbocycles. The lowest BCUT2D eigenvalue weighted by Gasteiger charge is -2.22. The lowest BCUT2D eigenvalue weighted by Crippen LogP contribution is -2.41. The highest BCUT2D eigenvalue weighted by Crippen LogP contribution is 2.28. The standard InChI is InChI=1S/C22H22Cl2N4O2S/c1-2-3-9-17(14-7-5-4-6-8-14)27-28-22-26-20(29)13-19(31-22)21(30)25-18-12-15(23)10-11-16(18)24/h4-8,10-12,19H,2-3,9,13H2,1H3,(H,25,30)(H,26,28,29)/b27-17+/t19-/m0/s1. The van der Waals surface area contributed by atoms with E-state index in [0.29, 0.717) is 20.9 Å². The van der Waals surface area contributed by atoms with Crippen molar-refractivity contribution in [1.29, 1.82) is 0 Å². The number of thioether (sulfide) groups is 1. The zero-order valence-electron chi connectivity index (χ0n) is 16.9. The molecule has 6 nitrogen and oxygen atoms in total. The van der Waals surface area contributed by atoms with Gasteiger partial charge in [-0.1, -0.05) is 78.6 Å². The van der Waals surface area contributed by atoms with Crippen LogP contribution in [0.5, 0.6) is 0 Å². The number of amidine groups is 1. The van der Waals surface area contributed by atoms with E-state index in [1.165, 1.54) is 0 Å². The van der Waals surface area contributed by atoms with E-state index in [9.17, 15) is 9.59 Å². The maximum absolute atomic E-state index is 12.7. The SMILES string of the molecule is CCCC/C(=N\N=C1/NC(=O)C[C@@H](C(=O)Nc2cc(Cl)ccc2Cl)S1)c1ccccc1. The molecule has 1 heterocycles. The fraction of sp³-hybridized carbons (Fsp3) is 0.273. The quantitative estimate of drug-likeness (QED) is 0.408. The highest BCUT2D eigenvalue weighted by Gasteiger charge is 2.30. The van der Waals surface area contributed by atoms with E-state index in [0.717, 1.165) is 42.3 Å². The summed E-state index contributed by atoms with van der Waals surface area (Å²) < 4.78 is 0. The van der Waals surface area contributed by atoms with E-state index in [2.05, 4.69) is 27.8 Å². The number of carbonyl (C=O) groups is 2. The largest absolute Gasteiger partial charge is 0.324 e. The van der Waals surface area contributed by atoms with Gasteiger partial charge < -0.3 is 10.6 Å². The molecule has 1 atom stereocenters. The smallest absolute Gasteiger partial charge is 0.238 e. The number of anilines is 1. The van der Waals surface area contributed by atoms with Gasteiger partial charge in [0.1, 0.15) is 5.25 Å². The Morgan fingerprint density at radius 3 is 2.74 bits per heavy atom. The first kappa shape index (κ1) is 23.3. The summed E-state index contributed by atoms with van der Waals surface area (Å²) in [6.07, 6.45) is 2.80. The van der Waals surface area contributed by atoms with E-state index >= 15 is 0 Å². The van der Waals surface area contributed by atoms with Crippen molar-refractivity contribution in [2.24, 2.45) is 10.2 Å². The van der Waals surface area contributed by atoms with Crippen molar-refractivity contribution in [3.63, 3.8) is 0 Å². The molecule has 1 fully saturated rings. The van der Waals surface area contributed by atoms with Crippen LogP contribution in [-0.2, 0) is 9.59 Å². The molecule has 2 N–H and O–H groups in total. The van der Waals surface area contributed by atoms with Crippen LogP contribution in [0, 0.1) is 0 Å². The number of unbranched alkanes of at least 4 members (excludes halogenated alkanes) is 1. The number of amides is 2. The summed E-state index contributed by atoms with van der Waals surface area (Å²) in [7, 11) is 0. The molecule has 0 spiro atoms. The van der Waals surface area contributed by atoms with Crippen LogP contribution in [0.3, 0.4) is 0 Å². The Morgan fingerprint density at radius 2 is 2.00 bits per heavy atom. The Bertz CT molecular complexity index is 1010. The van der Waals surface area contributed by atoms with Crippen LogP contribution in [0.2, 0.25) is 10.0 Å². The summed E-state index contributed by atoms with van der Waals surface area (Å²) in [5, 5.41) is 14.5. The predicted octanol–water partition coefficient (Wildman–Crippen LogP) is 5.50. The molecule has 0 bridgehead atoms. The van der Waals surface area contributed by atoms with Gasteiger partial charge in [0.05, 0.1) is 16.4 Å². The first-order valence-electron chi connectivity index (χ1n) is 9.88. The van der Waals surface area contributed by atoms with Gasteiger partial charge in [-0.05, 0) is 36.6 Å². The number of rotatable bonds is 7. The number of nitrogens with one attached hydrogen (secondary N) is 2. The molecule has 0 aromatic heterocycles. The van der Waals surface area contributed by atoms with Crippen LogP contribution >= 0.6 is 35.0 Å². The third-order valence-corrected chi connectivity index (χ3v) is 6.12. The van der Waals surface area contributed by atoms with Crippen molar-refractivity contribution in [3.8, 4) is 0 Å². The summed E-state index contributed by atoms with van der Waals surface area (Å²) in [6.45, 7) is 2.11. The minimum atomic E-state index is -0.659. The number of hydrogen-bond donors (Lipinski definition) is 2. The Labute approximate surface area is 195 Å². The number of hydrogen-bond acceptors (Lipinski definition) is 5. The molecule has 0 saturated carbocycles. The molecule has 2 aromatic rings. The van der Waals surface area contributed by atoms with Gasteiger partial charge in [-0.2, -0.15) is 5.10 Å². The molecule has 0 aliphatic carbocycles. The molecule has 0 radical (unpaired) electrons. The topological polar surface area (TPSA) is 82.9 Å². The zero-order chi connectivity index (χ0) is 22.2. The molecule has 1 aliphatic heterocycles. The van der Waals surface area contributed by atoms with Crippen LogP contribution in [0.15, 0.2) is 58.7 Å². The number of benzene rings is 2. The first-order valence-corrected chi connectivity index (χ1v) is 11.5. The molecular formula is C22H22Cl2N4O2S. The minimum Gasteiger partial charge on any atom is -0.324 e. The third kappa shape index (κ3) is 6.82. The average Bonchev–Trinajstić information content (AvgIpc) is 2.76. The fourth-order valence-electron chi connectivity index (χ4n) is 2.88. The summed E-state index contributed by atoms with van der Waals surface area (Å²) in [4.78, 5) is 24.9. The summed E-state index contributed by atoms with van der Waals surface area (Å²) in [5.74, 6) is -0.644. The molecule has 9 heteroatoms. The van der Waals surface area contributed by atoms with Crippen LogP contribution in [0.4, 0.5) is 5.69 Å². The van der Waals surface area contributed by atoms with E-state index < -0.39 is 5.25 Å². The van der Waals surface area contributed by atoms with E-state index in [-0.39, 0.29) is 18.2 Å². The second-order valence-electron chi connectivity index (χ2n) is 6.89. The zero-order valence-corrected chi connectivity index (χ0v) is 19.2. The number of carbonyl (C=O) groups excluding carboxylic acids is 2. The Kier molecular flexibility index (Phi) is 8.51. The lowest BCUT2D eigenvalue weighted by atomic mass is 10.1. The molecule has 2 amide bonds. The van der Waals surface area contributed by atoms with Crippen molar-refractivity contribution in [3.05, 3.63) is 64.1 Å². The maximum atomic E-state index is 12.7. The van der Waals surface area contributed by atoms with Gasteiger partial charge in [0.15, 0.2) is 5.17 Å². The van der Waals surface area contributed by atoms with E-state index in [4.69, 9.17) is 23.2 Å². The van der Waals surface area contributed by atoms with Crippen molar-refractivity contribution >= 4 is 63.3 Å². The summed E-state index contributed by atoms with van der Waals surface area (Å²) in [6, 6.07) is 14.6. The van der Waals surface area contributed by atoms with Gasteiger partial charge in [0.2, 0.25) is 11.8 Å². The molecule has 162 valence electrons. The van der Waals surface area contributed by atoms with Gasteiger partial charge in [0.25, 0.3) is 0 Å². The molecule has 3 rings (SSSR count). The maximum Gasteiger partial charge on any atom is 0.238 e. The molecule has 1 aliphatic rings. The van der Waals surface area contributed by atoms with Gasteiger partial charge in [-0.3, -0.25) is 9.59 Å². The highest BCUT2D eigenvalue weighted by molar-refractivity contribution is 8.15. The normalized spacial score (nSPS) is 18.0. The van der Waals surface area contributed by atoms with Crippen LogP contribution in [0.25, 0.3) is 0 Å².